The van der Waals surface area contributed by atoms with Gasteiger partial charge < -0.3 is 10.2 Å². The number of amides is 1. The molecule has 5 rings (SSSR count). The third kappa shape index (κ3) is 4.06. The van der Waals surface area contributed by atoms with E-state index in [4.69, 9.17) is 10.1 Å². The molecular weight excluding hydrogens is 421 g/mol. The Kier molecular flexibility index (Phi) is 6.43. The lowest BCUT2D eigenvalue weighted by molar-refractivity contribution is 0.0750. The van der Waals surface area contributed by atoms with E-state index >= 15 is 0 Å². The van der Waals surface area contributed by atoms with Crippen molar-refractivity contribution in [2.24, 2.45) is 0 Å². The molecule has 1 N–H and O–H groups in total. The number of carbonyl (C=O) groups excluding carboxylic acids is 1. The topological polar surface area (TPSA) is 63.1 Å². The second-order valence-electron chi connectivity index (χ2n) is 9.91. The van der Waals surface area contributed by atoms with Crippen molar-refractivity contribution < 1.29 is 4.79 Å². The first kappa shape index (κ1) is 23.3. The van der Waals surface area contributed by atoms with Crippen LogP contribution in [0.5, 0.6) is 0 Å². The van der Waals surface area contributed by atoms with Crippen LogP contribution in [0, 0.1) is 6.92 Å². The van der Waals surface area contributed by atoms with Crippen LogP contribution < -0.4 is 5.32 Å². The Balaban J connectivity index is 0.00000128. The summed E-state index contributed by atoms with van der Waals surface area (Å²) in [6, 6.07) is 3.09. The number of pyridine rings is 1. The van der Waals surface area contributed by atoms with Gasteiger partial charge in [-0.05, 0) is 65.9 Å². The van der Waals surface area contributed by atoms with Crippen molar-refractivity contribution in [1.82, 2.24) is 25.0 Å². The van der Waals surface area contributed by atoms with E-state index in [9.17, 15) is 4.79 Å². The van der Waals surface area contributed by atoms with Gasteiger partial charge in [-0.1, -0.05) is 0 Å². The third-order valence-corrected chi connectivity index (χ3v) is 6.50. The molecule has 1 saturated carbocycles. The van der Waals surface area contributed by atoms with Crippen LogP contribution in [0.25, 0.3) is 11.0 Å². The molecule has 2 saturated heterocycles. The molecule has 3 aliphatic rings. The lowest BCUT2D eigenvalue weighted by Gasteiger charge is -2.25. The predicted molar refractivity (Wildman–Crippen MR) is 124 cm³/mol. The molecule has 4 heterocycles. The van der Waals surface area contributed by atoms with Crippen molar-refractivity contribution in [3.05, 3.63) is 23.0 Å². The van der Waals surface area contributed by atoms with Crippen LogP contribution in [-0.2, 0) is 5.54 Å². The molecular formula is C22H33Cl2N5O. The van der Waals surface area contributed by atoms with E-state index in [1.807, 2.05) is 11.6 Å². The molecule has 166 valence electrons. The molecule has 2 bridgehead atoms. The Labute approximate surface area is 191 Å². The minimum atomic E-state index is -0.173. The molecule has 0 spiro atoms. The molecule has 30 heavy (non-hydrogen) atoms. The standard InChI is InChI=1S/C22H31N5O.2ClH/c1-13-19-17(21(28)26-10-9-15-7-8-16(12-26)23-15)11-18(14-5-6-14)24-20(19)27(25-13)22(2,3)4;;/h11,14-16,23H,5-10,12H2,1-4H3;2*1H. The van der Waals surface area contributed by atoms with Gasteiger partial charge in [-0.15, -0.1) is 24.8 Å². The zero-order valence-corrected chi connectivity index (χ0v) is 19.9. The molecule has 6 nitrogen and oxygen atoms in total. The Morgan fingerprint density at radius 3 is 2.47 bits per heavy atom. The van der Waals surface area contributed by atoms with Gasteiger partial charge in [-0.25, -0.2) is 9.67 Å². The van der Waals surface area contributed by atoms with Crippen molar-refractivity contribution >= 4 is 41.8 Å². The normalized spacial score (nSPS) is 23.7. The highest BCUT2D eigenvalue weighted by Gasteiger charge is 2.34. The predicted octanol–water partition coefficient (Wildman–Crippen LogP) is 4.18. The number of carbonyl (C=O) groups is 1. The molecule has 2 aromatic rings. The molecule has 8 heteroatoms. The van der Waals surface area contributed by atoms with E-state index < -0.39 is 0 Å². The molecule has 0 radical (unpaired) electrons. The first-order chi connectivity index (χ1) is 13.3. The van der Waals surface area contributed by atoms with E-state index in [0.29, 0.717) is 18.0 Å². The monoisotopic (exact) mass is 453 g/mol. The maximum absolute atomic E-state index is 13.7. The van der Waals surface area contributed by atoms with Crippen LogP contribution in [0.1, 0.15) is 80.5 Å². The molecule has 1 amide bonds. The summed E-state index contributed by atoms with van der Waals surface area (Å²) in [5, 5.41) is 9.41. The summed E-state index contributed by atoms with van der Waals surface area (Å²) >= 11 is 0. The van der Waals surface area contributed by atoms with Crippen molar-refractivity contribution in [3.8, 4) is 0 Å². The van der Waals surface area contributed by atoms with Crippen molar-refractivity contribution in [1.29, 1.82) is 0 Å². The number of aryl methyl sites for hydroxylation is 1. The molecule has 3 fully saturated rings. The fourth-order valence-electron chi connectivity index (χ4n) is 4.83. The number of fused-ring (bicyclic) bond motifs is 3. The number of nitrogens with one attached hydrogen (secondary N) is 1. The first-order valence-electron chi connectivity index (χ1n) is 10.8. The SMILES string of the molecule is Cc1nn(C(C)(C)C)c2nc(C3CC3)cc(C(=O)N3CCC4CCC(C3)N4)c12.Cl.Cl. The smallest absolute Gasteiger partial charge is 0.254 e. The van der Waals surface area contributed by atoms with Gasteiger partial charge in [0.15, 0.2) is 5.65 Å². The second kappa shape index (κ2) is 8.29. The lowest BCUT2D eigenvalue weighted by Crippen LogP contribution is -2.39. The zero-order valence-electron chi connectivity index (χ0n) is 18.3. The number of rotatable bonds is 2. The van der Waals surface area contributed by atoms with Gasteiger partial charge in [0.2, 0.25) is 0 Å². The number of nitrogens with zero attached hydrogens (tertiary/aromatic N) is 4. The molecule has 0 aromatic carbocycles. The van der Waals surface area contributed by atoms with Crippen LogP contribution in [0.3, 0.4) is 0 Å². The first-order valence-corrected chi connectivity index (χ1v) is 10.8. The maximum Gasteiger partial charge on any atom is 0.254 e. The highest BCUT2D eigenvalue weighted by molar-refractivity contribution is 6.06. The number of likely N-dealkylation sites (tertiary alicyclic amines) is 1. The summed E-state index contributed by atoms with van der Waals surface area (Å²) in [6.45, 7) is 10.1. The largest absolute Gasteiger partial charge is 0.337 e. The van der Waals surface area contributed by atoms with Gasteiger partial charge in [0.1, 0.15) is 0 Å². The average molecular weight is 454 g/mol. The van der Waals surface area contributed by atoms with Crippen molar-refractivity contribution in [2.75, 3.05) is 13.1 Å². The van der Waals surface area contributed by atoms with E-state index in [1.165, 1.54) is 25.7 Å². The number of hydrogen-bond acceptors (Lipinski definition) is 4. The summed E-state index contributed by atoms with van der Waals surface area (Å²) in [5.74, 6) is 0.654. The number of hydrogen-bond donors (Lipinski definition) is 1. The van der Waals surface area contributed by atoms with Gasteiger partial charge in [-0.2, -0.15) is 5.10 Å². The van der Waals surface area contributed by atoms with Crippen LogP contribution in [0.4, 0.5) is 0 Å². The van der Waals surface area contributed by atoms with Gasteiger partial charge >= 0.3 is 0 Å². The molecule has 1 aliphatic carbocycles. The summed E-state index contributed by atoms with van der Waals surface area (Å²) < 4.78 is 2.01. The zero-order chi connectivity index (χ0) is 19.6. The number of halogens is 2. The Bertz CT molecular complexity index is 947. The van der Waals surface area contributed by atoms with E-state index in [2.05, 4.69) is 37.1 Å². The highest BCUT2D eigenvalue weighted by Crippen LogP contribution is 2.41. The number of aromatic nitrogens is 3. The second-order valence-corrected chi connectivity index (χ2v) is 9.91. The van der Waals surface area contributed by atoms with Crippen LogP contribution >= 0.6 is 24.8 Å². The minimum Gasteiger partial charge on any atom is -0.337 e. The van der Waals surface area contributed by atoms with Gasteiger partial charge in [0.05, 0.1) is 22.2 Å². The minimum absolute atomic E-state index is 0. The molecule has 2 aromatic heterocycles. The Hall–Kier alpha value is -1.37. The van der Waals surface area contributed by atoms with Crippen LogP contribution in [0.15, 0.2) is 6.07 Å². The Morgan fingerprint density at radius 2 is 1.80 bits per heavy atom. The highest BCUT2D eigenvalue weighted by atomic mass is 35.5. The van der Waals surface area contributed by atoms with Gasteiger partial charge in [-0.3, -0.25) is 4.79 Å². The maximum atomic E-state index is 13.7. The van der Waals surface area contributed by atoms with E-state index in [0.717, 1.165) is 47.5 Å². The van der Waals surface area contributed by atoms with Gasteiger partial charge in [0.25, 0.3) is 5.91 Å². The van der Waals surface area contributed by atoms with E-state index in [-0.39, 0.29) is 36.3 Å². The van der Waals surface area contributed by atoms with Gasteiger partial charge in [0, 0.05) is 36.8 Å². The summed E-state index contributed by atoms with van der Waals surface area (Å²) in [7, 11) is 0. The summed E-state index contributed by atoms with van der Waals surface area (Å²) in [5.41, 5.74) is 3.46. The van der Waals surface area contributed by atoms with Crippen molar-refractivity contribution in [3.63, 3.8) is 0 Å². The average Bonchev–Trinajstić information content (AvgIpc) is 3.34. The Morgan fingerprint density at radius 1 is 1.10 bits per heavy atom. The van der Waals surface area contributed by atoms with E-state index in [1.54, 1.807) is 0 Å². The van der Waals surface area contributed by atoms with Crippen LogP contribution in [0.2, 0.25) is 0 Å². The molecule has 2 aliphatic heterocycles. The summed E-state index contributed by atoms with van der Waals surface area (Å²) in [6.07, 6.45) is 5.81. The lowest BCUT2D eigenvalue weighted by atomic mass is 10.0. The van der Waals surface area contributed by atoms with Crippen molar-refractivity contribution in [2.45, 2.75) is 83.3 Å². The van der Waals surface area contributed by atoms with Crippen LogP contribution in [-0.4, -0.2) is 50.7 Å². The molecule has 2 unspecified atom stereocenters. The quantitative estimate of drug-likeness (QED) is 0.740. The fourth-order valence-corrected chi connectivity index (χ4v) is 4.83. The fraction of sp³-hybridized carbons (Fsp3) is 0.682. The molecule has 2 atom stereocenters. The third-order valence-electron chi connectivity index (χ3n) is 6.50. The summed E-state index contributed by atoms with van der Waals surface area (Å²) in [4.78, 5) is 20.7.